The molecule has 8 nitrogen and oxygen atoms in total. The summed E-state index contributed by atoms with van der Waals surface area (Å²) >= 11 is 0. The summed E-state index contributed by atoms with van der Waals surface area (Å²) in [6.45, 7) is 0.386. The number of benzene rings is 1. The van der Waals surface area contributed by atoms with Crippen LogP contribution in [-0.2, 0) is 16.0 Å². The van der Waals surface area contributed by atoms with Crippen LogP contribution in [0.1, 0.15) is 18.5 Å². The lowest BCUT2D eigenvalue weighted by Crippen LogP contribution is -2.45. The van der Waals surface area contributed by atoms with Crippen molar-refractivity contribution in [1.82, 2.24) is 20.2 Å². The molecule has 1 fully saturated rings. The van der Waals surface area contributed by atoms with E-state index >= 15 is 0 Å². The van der Waals surface area contributed by atoms with Crippen molar-refractivity contribution < 1.29 is 14.3 Å². The maximum atomic E-state index is 12.7. The number of amides is 2. The predicted molar refractivity (Wildman–Crippen MR) is 96.6 cm³/mol. The monoisotopic (exact) mass is 357 g/mol. The van der Waals surface area contributed by atoms with Gasteiger partial charge in [-0.2, -0.15) is 0 Å². The summed E-state index contributed by atoms with van der Waals surface area (Å²) in [6, 6.07) is 6.81. The molecular formula is C18H23N5O3. The average Bonchev–Trinajstić information content (AvgIpc) is 3.06. The molecule has 0 spiro atoms. The molecule has 138 valence electrons. The minimum absolute atomic E-state index is 0.122. The molecule has 2 aromatic rings. The number of hydrogen-bond acceptors (Lipinski definition) is 6. The number of nitrogens with two attached hydrogens (primary N) is 1. The second kappa shape index (κ2) is 7.65. The van der Waals surface area contributed by atoms with Gasteiger partial charge >= 0.3 is 0 Å². The number of methoxy groups -OCH3 is 1. The number of ether oxygens (including phenoxy) is 1. The fourth-order valence-corrected chi connectivity index (χ4v) is 3.27. The van der Waals surface area contributed by atoms with E-state index in [1.54, 1.807) is 11.9 Å². The fraction of sp³-hybridized carbons (Fsp3) is 0.444. The Bertz CT molecular complexity index is 826. The Labute approximate surface area is 151 Å². The summed E-state index contributed by atoms with van der Waals surface area (Å²) in [4.78, 5) is 35.2. The normalized spacial score (nSPS) is 19.6. The number of carbonyl (C=O) groups is 2. The van der Waals surface area contributed by atoms with Gasteiger partial charge in [-0.1, -0.05) is 12.1 Å². The van der Waals surface area contributed by atoms with Crippen LogP contribution in [0, 0.1) is 0 Å². The number of nitrogens with zero attached hydrogens (tertiary/aromatic N) is 3. The zero-order valence-electron chi connectivity index (χ0n) is 14.9. The van der Waals surface area contributed by atoms with Crippen LogP contribution in [-0.4, -0.2) is 59.5 Å². The molecule has 3 rings (SSSR count). The maximum Gasteiger partial charge on any atom is 0.242 e. The van der Waals surface area contributed by atoms with E-state index in [0.717, 1.165) is 11.0 Å². The fourth-order valence-electron chi connectivity index (χ4n) is 3.27. The summed E-state index contributed by atoms with van der Waals surface area (Å²) in [6.07, 6.45) is 1.07. The molecule has 2 heterocycles. The van der Waals surface area contributed by atoms with Gasteiger partial charge in [0.05, 0.1) is 18.1 Å². The van der Waals surface area contributed by atoms with E-state index in [-0.39, 0.29) is 24.3 Å². The second-order valence-electron chi connectivity index (χ2n) is 6.34. The predicted octanol–water partition coefficient (Wildman–Crippen LogP) is 0.245. The van der Waals surface area contributed by atoms with Gasteiger partial charge in [-0.15, -0.1) is 0 Å². The number of aryl methyl sites for hydroxylation is 1. The Morgan fingerprint density at radius 3 is 2.65 bits per heavy atom. The third-order valence-corrected chi connectivity index (χ3v) is 4.58. The van der Waals surface area contributed by atoms with E-state index in [1.165, 1.54) is 7.11 Å². The lowest BCUT2D eigenvalue weighted by atomic mass is 10.1. The highest BCUT2D eigenvalue weighted by Crippen LogP contribution is 2.22. The molecule has 1 aromatic carbocycles. The number of aromatic nitrogens is 2. The van der Waals surface area contributed by atoms with Gasteiger partial charge in [-0.3, -0.25) is 9.59 Å². The van der Waals surface area contributed by atoms with E-state index in [9.17, 15) is 9.59 Å². The summed E-state index contributed by atoms with van der Waals surface area (Å²) in [7, 11) is 3.09. The topological polar surface area (TPSA) is 110 Å². The van der Waals surface area contributed by atoms with Crippen LogP contribution in [0.2, 0.25) is 0 Å². The third kappa shape index (κ3) is 3.60. The zero-order chi connectivity index (χ0) is 18.7. The Morgan fingerprint density at radius 2 is 2.00 bits per heavy atom. The number of para-hydroxylation sites is 2. The van der Waals surface area contributed by atoms with Crippen LogP contribution >= 0.6 is 0 Å². The van der Waals surface area contributed by atoms with Crippen molar-refractivity contribution in [1.29, 1.82) is 0 Å². The molecule has 8 heteroatoms. The molecule has 0 unspecified atom stereocenters. The molecule has 1 aliphatic rings. The number of hydrogen-bond donors (Lipinski definition) is 2. The second-order valence-corrected chi connectivity index (χ2v) is 6.34. The Balaban J connectivity index is 1.74. The maximum absolute atomic E-state index is 12.7. The number of nitrogens with one attached hydrogen (secondary N) is 1. The molecule has 0 aliphatic carbocycles. The quantitative estimate of drug-likeness (QED) is 0.793. The van der Waals surface area contributed by atoms with Crippen LogP contribution in [0.25, 0.3) is 11.0 Å². The molecule has 0 radical (unpaired) electrons. The minimum atomic E-state index is -0.507. The van der Waals surface area contributed by atoms with E-state index < -0.39 is 6.04 Å². The van der Waals surface area contributed by atoms with Gasteiger partial charge in [0.15, 0.2) is 0 Å². The summed E-state index contributed by atoms with van der Waals surface area (Å²) in [5, 5.41) is 2.59. The highest BCUT2D eigenvalue weighted by Gasteiger charge is 2.37. The van der Waals surface area contributed by atoms with Crippen molar-refractivity contribution in [3.8, 4) is 5.88 Å². The molecule has 1 aromatic heterocycles. The van der Waals surface area contributed by atoms with E-state index in [4.69, 9.17) is 10.5 Å². The van der Waals surface area contributed by atoms with Crippen molar-refractivity contribution in [3.63, 3.8) is 0 Å². The van der Waals surface area contributed by atoms with Gasteiger partial charge in [0, 0.05) is 32.5 Å². The molecule has 3 N–H and O–H groups in total. The minimum Gasteiger partial charge on any atom is -0.480 e. The van der Waals surface area contributed by atoms with Gasteiger partial charge < -0.3 is 20.7 Å². The summed E-state index contributed by atoms with van der Waals surface area (Å²) in [5.74, 6) is 0.107. The Morgan fingerprint density at radius 1 is 1.31 bits per heavy atom. The number of carbonyl (C=O) groups excluding carboxylic acids is 2. The van der Waals surface area contributed by atoms with Crippen LogP contribution in [0.4, 0.5) is 0 Å². The molecular weight excluding hydrogens is 334 g/mol. The summed E-state index contributed by atoms with van der Waals surface area (Å²) < 4.78 is 5.32. The van der Waals surface area contributed by atoms with Crippen molar-refractivity contribution in [2.24, 2.45) is 5.73 Å². The molecule has 2 atom stereocenters. The zero-order valence-corrected chi connectivity index (χ0v) is 14.9. The molecule has 2 amide bonds. The van der Waals surface area contributed by atoms with Gasteiger partial charge in [0.2, 0.25) is 17.7 Å². The Hall–Kier alpha value is -2.74. The first-order valence-electron chi connectivity index (χ1n) is 8.59. The van der Waals surface area contributed by atoms with Crippen LogP contribution in [0.15, 0.2) is 24.3 Å². The largest absolute Gasteiger partial charge is 0.480 e. The summed E-state index contributed by atoms with van der Waals surface area (Å²) in [5.41, 5.74) is 8.06. The van der Waals surface area contributed by atoms with Gasteiger partial charge in [-0.05, 0) is 18.6 Å². The van der Waals surface area contributed by atoms with Crippen molar-refractivity contribution in [2.75, 3.05) is 20.7 Å². The van der Waals surface area contributed by atoms with E-state index in [1.807, 2.05) is 24.3 Å². The highest BCUT2D eigenvalue weighted by atomic mass is 16.5. The molecule has 26 heavy (non-hydrogen) atoms. The van der Waals surface area contributed by atoms with Gasteiger partial charge in [-0.25, -0.2) is 9.97 Å². The number of likely N-dealkylation sites (tertiary alicyclic amines) is 1. The first-order chi connectivity index (χ1) is 12.5. The molecule has 1 aliphatic heterocycles. The van der Waals surface area contributed by atoms with Crippen LogP contribution in [0.3, 0.4) is 0 Å². The lowest BCUT2D eigenvalue weighted by Gasteiger charge is -2.23. The van der Waals surface area contributed by atoms with Gasteiger partial charge in [0.1, 0.15) is 11.7 Å². The van der Waals surface area contributed by atoms with Gasteiger partial charge in [0.25, 0.3) is 0 Å². The first-order valence-corrected chi connectivity index (χ1v) is 8.59. The highest BCUT2D eigenvalue weighted by molar-refractivity contribution is 5.88. The lowest BCUT2D eigenvalue weighted by molar-refractivity contribution is -0.138. The van der Waals surface area contributed by atoms with Crippen molar-refractivity contribution in [2.45, 2.75) is 31.3 Å². The number of likely N-dealkylation sites (N-methyl/N-ethyl adjacent to an activating group) is 1. The smallest absolute Gasteiger partial charge is 0.242 e. The van der Waals surface area contributed by atoms with E-state index in [0.29, 0.717) is 31.0 Å². The SMILES string of the molecule is CNC(=O)[C@@H]1C[C@@H](N)CN1C(=O)CCc1nc2ccccc2nc1OC. The average molecular weight is 357 g/mol. The van der Waals surface area contributed by atoms with Crippen LogP contribution in [0.5, 0.6) is 5.88 Å². The number of rotatable bonds is 5. The molecule has 0 bridgehead atoms. The van der Waals surface area contributed by atoms with Crippen LogP contribution < -0.4 is 15.8 Å². The molecule has 0 saturated carbocycles. The van der Waals surface area contributed by atoms with Crippen molar-refractivity contribution >= 4 is 22.8 Å². The first kappa shape index (κ1) is 18.1. The number of fused-ring (bicyclic) bond motifs is 1. The Kier molecular flexibility index (Phi) is 5.32. The molecule has 1 saturated heterocycles. The van der Waals surface area contributed by atoms with Crippen molar-refractivity contribution in [3.05, 3.63) is 30.0 Å². The standard InChI is InChI=1S/C18H23N5O3/c1-20-17(25)15-9-11(19)10-23(15)16(24)8-7-14-18(26-2)22-13-6-4-3-5-12(13)21-14/h3-6,11,15H,7-10,19H2,1-2H3,(H,20,25)/t11-,15+/m1/s1. The van der Waals surface area contributed by atoms with E-state index in [2.05, 4.69) is 15.3 Å². The third-order valence-electron chi connectivity index (χ3n) is 4.58.